The number of amides is 1. The molecule has 9 heteroatoms. The third kappa shape index (κ3) is 4.40. The molecule has 1 saturated heterocycles. The number of rotatable bonds is 4. The van der Waals surface area contributed by atoms with Gasteiger partial charge in [0, 0.05) is 37.1 Å². The van der Waals surface area contributed by atoms with Gasteiger partial charge in [-0.2, -0.15) is 4.31 Å². The summed E-state index contributed by atoms with van der Waals surface area (Å²) in [6.07, 6.45) is 1.14. The van der Waals surface area contributed by atoms with Crippen LogP contribution in [0.4, 0.5) is 8.78 Å². The molecule has 1 aromatic rings. The van der Waals surface area contributed by atoms with Crippen molar-refractivity contribution >= 4 is 27.7 Å². The topological polar surface area (TPSA) is 57.7 Å². The first-order valence-corrected chi connectivity index (χ1v) is 9.41. The highest BCUT2D eigenvalue weighted by atomic mass is 32.2. The number of piperazine rings is 1. The van der Waals surface area contributed by atoms with Gasteiger partial charge in [-0.05, 0) is 12.1 Å². The van der Waals surface area contributed by atoms with Gasteiger partial charge in [0.05, 0.1) is 12.0 Å². The average molecular weight is 350 g/mol. The van der Waals surface area contributed by atoms with Crippen LogP contribution in [0.1, 0.15) is 0 Å². The molecule has 122 valence electrons. The molecule has 1 heterocycles. The van der Waals surface area contributed by atoms with Gasteiger partial charge in [-0.1, -0.05) is 0 Å². The van der Waals surface area contributed by atoms with Crippen LogP contribution in [-0.2, 0) is 14.8 Å². The molecule has 0 unspecified atom stereocenters. The Labute approximate surface area is 132 Å². The van der Waals surface area contributed by atoms with E-state index >= 15 is 0 Å². The molecule has 1 aliphatic rings. The van der Waals surface area contributed by atoms with E-state index in [1.54, 1.807) is 4.90 Å². The number of hydrogen-bond acceptors (Lipinski definition) is 4. The maximum atomic E-state index is 13.5. The third-order valence-electron chi connectivity index (χ3n) is 3.31. The molecule has 0 spiro atoms. The number of benzene rings is 1. The lowest BCUT2D eigenvalue weighted by molar-refractivity contribution is -0.129. The molecule has 1 aliphatic heterocycles. The van der Waals surface area contributed by atoms with E-state index in [1.165, 1.54) is 10.4 Å². The third-order valence-corrected chi connectivity index (χ3v) is 5.64. The monoisotopic (exact) mass is 350 g/mol. The Morgan fingerprint density at radius 1 is 1.23 bits per heavy atom. The molecule has 0 N–H and O–H groups in total. The summed E-state index contributed by atoms with van der Waals surface area (Å²) in [4.78, 5) is 13.8. The Morgan fingerprint density at radius 2 is 1.86 bits per heavy atom. The van der Waals surface area contributed by atoms with Gasteiger partial charge >= 0.3 is 0 Å². The standard InChI is InChI=1S/C13H16F2N2O3S2/c1-22(19,20)17-6-4-16(5-7-17)13(18)9-21-12-3-2-10(14)8-11(12)15/h2-3,8H,4-7,9H2,1H3. The van der Waals surface area contributed by atoms with E-state index < -0.39 is 21.7 Å². The first-order chi connectivity index (χ1) is 10.3. The van der Waals surface area contributed by atoms with Crippen LogP contribution in [0.2, 0.25) is 0 Å². The number of carbonyl (C=O) groups is 1. The van der Waals surface area contributed by atoms with Crippen LogP contribution >= 0.6 is 11.8 Å². The Hall–Kier alpha value is -1.19. The van der Waals surface area contributed by atoms with Gasteiger partial charge in [0.2, 0.25) is 15.9 Å². The average Bonchev–Trinajstić information content (AvgIpc) is 2.45. The fourth-order valence-corrected chi connectivity index (χ4v) is 3.74. The maximum Gasteiger partial charge on any atom is 0.233 e. The molecule has 22 heavy (non-hydrogen) atoms. The molecule has 0 aromatic heterocycles. The molecule has 1 fully saturated rings. The molecule has 0 radical (unpaired) electrons. The van der Waals surface area contributed by atoms with E-state index in [1.807, 2.05) is 0 Å². The Balaban J connectivity index is 1.86. The maximum absolute atomic E-state index is 13.5. The first kappa shape index (κ1) is 17.2. The Bertz CT molecular complexity index is 659. The molecule has 1 amide bonds. The smallest absolute Gasteiger partial charge is 0.233 e. The fourth-order valence-electron chi connectivity index (χ4n) is 2.09. The SMILES string of the molecule is CS(=O)(=O)N1CCN(C(=O)CSc2ccc(F)cc2F)CC1. The molecule has 1 aromatic carbocycles. The van der Waals surface area contributed by atoms with E-state index in [0.717, 1.165) is 30.2 Å². The van der Waals surface area contributed by atoms with Gasteiger partial charge in [0.1, 0.15) is 11.6 Å². The second-order valence-electron chi connectivity index (χ2n) is 4.91. The van der Waals surface area contributed by atoms with Crippen molar-refractivity contribution in [1.29, 1.82) is 0 Å². The largest absolute Gasteiger partial charge is 0.339 e. The van der Waals surface area contributed by atoms with Crippen LogP contribution in [-0.4, -0.2) is 61.7 Å². The number of carbonyl (C=O) groups excluding carboxylic acids is 1. The first-order valence-electron chi connectivity index (χ1n) is 6.58. The number of nitrogens with zero attached hydrogens (tertiary/aromatic N) is 2. The van der Waals surface area contributed by atoms with Gasteiger partial charge in [-0.25, -0.2) is 17.2 Å². The number of halogens is 2. The van der Waals surface area contributed by atoms with Crippen molar-refractivity contribution in [2.45, 2.75) is 4.90 Å². The fraction of sp³-hybridized carbons (Fsp3) is 0.462. The molecule has 0 aliphatic carbocycles. The van der Waals surface area contributed by atoms with Crippen LogP contribution in [0.5, 0.6) is 0 Å². The second kappa shape index (κ2) is 6.93. The highest BCUT2D eigenvalue weighted by Crippen LogP contribution is 2.23. The summed E-state index contributed by atoms with van der Waals surface area (Å²) < 4.78 is 50.4. The zero-order chi connectivity index (χ0) is 16.3. The van der Waals surface area contributed by atoms with Gasteiger partial charge in [-0.15, -0.1) is 11.8 Å². The quantitative estimate of drug-likeness (QED) is 0.765. The van der Waals surface area contributed by atoms with Crippen LogP contribution in [0, 0.1) is 11.6 Å². The molecule has 5 nitrogen and oxygen atoms in total. The zero-order valence-electron chi connectivity index (χ0n) is 12.0. The highest BCUT2D eigenvalue weighted by molar-refractivity contribution is 8.00. The summed E-state index contributed by atoms with van der Waals surface area (Å²) in [5, 5.41) is 0. The molecular weight excluding hydrogens is 334 g/mol. The van der Waals surface area contributed by atoms with Crippen molar-refractivity contribution in [2.24, 2.45) is 0 Å². The predicted octanol–water partition coefficient (Wildman–Crippen LogP) is 1.16. The minimum atomic E-state index is -3.23. The van der Waals surface area contributed by atoms with Crippen molar-refractivity contribution in [3.05, 3.63) is 29.8 Å². The number of hydrogen-bond donors (Lipinski definition) is 0. The minimum Gasteiger partial charge on any atom is -0.339 e. The van der Waals surface area contributed by atoms with E-state index in [0.29, 0.717) is 13.1 Å². The summed E-state index contributed by atoms with van der Waals surface area (Å²) in [7, 11) is -3.23. The zero-order valence-corrected chi connectivity index (χ0v) is 13.6. The van der Waals surface area contributed by atoms with Crippen molar-refractivity contribution < 1.29 is 22.0 Å². The van der Waals surface area contributed by atoms with E-state index in [9.17, 15) is 22.0 Å². The van der Waals surface area contributed by atoms with E-state index in [-0.39, 0.29) is 29.6 Å². The summed E-state index contributed by atoms with van der Waals surface area (Å²) >= 11 is 0.999. The van der Waals surface area contributed by atoms with Crippen molar-refractivity contribution in [3.63, 3.8) is 0 Å². The predicted molar refractivity (Wildman–Crippen MR) is 80.1 cm³/mol. The van der Waals surface area contributed by atoms with Gasteiger partial charge in [0.15, 0.2) is 0 Å². The van der Waals surface area contributed by atoms with E-state index in [2.05, 4.69) is 0 Å². The molecular formula is C13H16F2N2O3S2. The number of sulfonamides is 1. The highest BCUT2D eigenvalue weighted by Gasteiger charge is 2.25. The molecule has 0 atom stereocenters. The molecule has 0 bridgehead atoms. The summed E-state index contributed by atoms with van der Waals surface area (Å²) in [6.45, 7) is 1.16. The number of thioether (sulfide) groups is 1. The Kier molecular flexibility index (Phi) is 5.41. The van der Waals surface area contributed by atoms with Crippen molar-refractivity contribution in [1.82, 2.24) is 9.21 Å². The van der Waals surface area contributed by atoms with Crippen molar-refractivity contribution in [2.75, 3.05) is 38.2 Å². The van der Waals surface area contributed by atoms with Gasteiger partial charge < -0.3 is 4.90 Å². The lowest BCUT2D eigenvalue weighted by atomic mass is 10.3. The van der Waals surface area contributed by atoms with Gasteiger partial charge in [-0.3, -0.25) is 4.79 Å². The van der Waals surface area contributed by atoms with Crippen LogP contribution < -0.4 is 0 Å². The van der Waals surface area contributed by atoms with Crippen LogP contribution in [0.15, 0.2) is 23.1 Å². The second-order valence-corrected chi connectivity index (χ2v) is 7.91. The van der Waals surface area contributed by atoms with Crippen molar-refractivity contribution in [3.8, 4) is 0 Å². The normalized spacial score (nSPS) is 16.8. The van der Waals surface area contributed by atoms with Crippen LogP contribution in [0.3, 0.4) is 0 Å². The summed E-state index contributed by atoms with van der Waals surface area (Å²) in [5.74, 6) is -1.52. The van der Waals surface area contributed by atoms with Crippen LogP contribution in [0.25, 0.3) is 0 Å². The summed E-state index contributed by atoms with van der Waals surface area (Å²) in [6, 6.07) is 3.21. The van der Waals surface area contributed by atoms with Gasteiger partial charge in [0.25, 0.3) is 0 Å². The summed E-state index contributed by atoms with van der Waals surface area (Å²) in [5.41, 5.74) is 0. The molecule has 2 rings (SSSR count). The lowest BCUT2D eigenvalue weighted by Crippen LogP contribution is -2.50. The Morgan fingerprint density at radius 3 is 2.41 bits per heavy atom. The minimum absolute atomic E-state index is 0.0292. The molecule has 0 saturated carbocycles. The lowest BCUT2D eigenvalue weighted by Gasteiger charge is -2.33. The van der Waals surface area contributed by atoms with E-state index in [4.69, 9.17) is 0 Å².